The van der Waals surface area contributed by atoms with Crippen molar-refractivity contribution >= 4 is 12.4 Å². The molecule has 0 bridgehead atoms. The van der Waals surface area contributed by atoms with Crippen LogP contribution in [0.3, 0.4) is 0 Å². The summed E-state index contributed by atoms with van der Waals surface area (Å²) >= 11 is 0. The SMILES string of the molecule is CN1CC(Cn2ccnc2-c2cccnc2)CC1=O.O=CO. The molecule has 1 amide bonds. The normalized spacial score (nSPS) is 17.0. The van der Waals surface area contributed by atoms with Crippen LogP contribution < -0.4 is 0 Å². The summed E-state index contributed by atoms with van der Waals surface area (Å²) in [4.78, 5) is 30.2. The van der Waals surface area contributed by atoms with Gasteiger partial charge >= 0.3 is 0 Å². The second kappa shape index (κ2) is 7.35. The molecule has 2 aromatic rings. The molecule has 1 fully saturated rings. The average molecular weight is 302 g/mol. The molecule has 1 N–H and O–H groups in total. The van der Waals surface area contributed by atoms with Crippen LogP contribution in [0.15, 0.2) is 36.9 Å². The Labute approximate surface area is 128 Å². The summed E-state index contributed by atoms with van der Waals surface area (Å²) < 4.78 is 2.11. The van der Waals surface area contributed by atoms with Crippen LogP contribution in [-0.4, -0.2) is 50.5 Å². The molecule has 0 radical (unpaired) electrons. The number of likely N-dealkylation sites (tertiary alicyclic amines) is 1. The van der Waals surface area contributed by atoms with E-state index in [1.54, 1.807) is 17.3 Å². The van der Waals surface area contributed by atoms with E-state index >= 15 is 0 Å². The van der Waals surface area contributed by atoms with Gasteiger partial charge in [-0.3, -0.25) is 14.6 Å². The van der Waals surface area contributed by atoms with Crippen molar-refractivity contribution in [3.63, 3.8) is 0 Å². The Morgan fingerprint density at radius 3 is 2.82 bits per heavy atom. The van der Waals surface area contributed by atoms with Crippen molar-refractivity contribution in [1.29, 1.82) is 0 Å². The maximum Gasteiger partial charge on any atom is 0.290 e. The summed E-state index contributed by atoms with van der Waals surface area (Å²) in [5.74, 6) is 1.50. The summed E-state index contributed by atoms with van der Waals surface area (Å²) in [5, 5.41) is 6.89. The summed E-state index contributed by atoms with van der Waals surface area (Å²) in [7, 11) is 1.86. The molecule has 7 nitrogen and oxygen atoms in total. The van der Waals surface area contributed by atoms with E-state index in [0.29, 0.717) is 12.3 Å². The maximum absolute atomic E-state index is 11.6. The quantitative estimate of drug-likeness (QED) is 0.858. The number of imidazole rings is 1. The number of hydrogen-bond donors (Lipinski definition) is 1. The van der Waals surface area contributed by atoms with Gasteiger partial charge in [-0.05, 0) is 12.1 Å². The van der Waals surface area contributed by atoms with E-state index in [4.69, 9.17) is 9.90 Å². The van der Waals surface area contributed by atoms with Crippen LogP contribution in [0.2, 0.25) is 0 Å². The monoisotopic (exact) mass is 302 g/mol. The molecule has 0 spiro atoms. The highest BCUT2D eigenvalue weighted by molar-refractivity contribution is 5.78. The molecule has 116 valence electrons. The molecule has 3 heterocycles. The lowest BCUT2D eigenvalue weighted by Gasteiger charge is -2.13. The van der Waals surface area contributed by atoms with Crippen molar-refractivity contribution in [2.45, 2.75) is 13.0 Å². The first-order chi connectivity index (χ1) is 10.7. The Kier molecular flexibility index (Phi) is 5.24. The smallest absolute Gasteiger partial charge is 0.290 e. The van der Waals surface area contributed by atoms with E-state index in [0.717, 1.165) is 24.5 Å². The first-order valence-electron chi connectivity index (χ1n) is 6.89. The van der Waals surface area contributed by atoms with E-state index in [1.807, 2.05) is 31.6 Å². The van der Waals surface area contributed by atoms with Gasteiger partial charge in [0.15, 0.2) is 0 Å². The van der Waals surface area contributed by atoms with Crippen LogP contribution in [0.4, 0.5) is 0 Å². The second-order valence-electron chi connectivity index (χ2n) is 5.09. The van der Waals surface area contributed by atoms with Crippen LogP contribution >= 0.6 is 0 Å². The van der Waals surface area contributed by atoms with E-state index in [2.05, 4.69) is 14.5 Å². The van der Waals surface area contributed by atoms with Crippen molar-refractivity contribution < 1.29 is 14.7 Å². The van der Waals surface area contributed by atoms with Crippen molar-refractivity contribution in [3.05, 3.63) is 36.9 Å². The standard InChI is InChI=1S/C14H16N4O.CH2O2/c1-17-9-11(7-13(17)19)10-18-6-5-16-14(18)12-3-2-4-15-8-12;2-1-3/h2-6,8,11H,7,9-10H2,1H3;1H,(H,2,3). The highest BCUT2D eigenvalue weighted by Crippen LogP contribution is 2.22. The fraction of sp³-hybridized carbons (Fsp3) is 0.333. The topological polar surface area (TPSA) is 88.3 Å². The first-order valence-corrected chi connectivity index (χ1v) is 6.89. The van der Waals surface area contributed by atoms with E-state index in [-0.39, 0.29) is 12.4 Å². The molecule has 1 saturated heterocycles. The number of hydrogen-bond acceptors (Lipinski definition) is 4. The largest absolute Gasteiger partial charge is 0.483 e. The van der Waals surface area contributed by atoms with Gasteiger partial charge in [0.05, 0.1) is 0 Å². The summed E-state index contributed by atoms with van der Waals surface area (Å²) in [6.45, 7) is 1.39. The second-order valence-corrected chi connectivity index (χ2v) is 5.09. The summed E-state index contributed by atoms with van der Waals surface area (Å²) in [6.07, 6.45) is 7.95. The Balaban J connectivity index is 0.000000545. The molecule has 0 aliphatic carbocycles. The van der Waals surface area contributed by atoms with Crippen LogP contribution in [0, 0.1) is 5.92 Å². The minimum Gasteiger partial charge on any atom is -0.483 e. The van der Waals surface area contributed by atoms with Gasteiger partial charge in [0.25, 0.3) is 6.47 Å². The van der Waals surface area contributed by atoms with Crippen molar-refractivity contribution in [1.82, 2.24) is 19.4 Å². The number of amides is 1. The average Bonchev–Trinajstić information content (AvgIpc) is 3.08. The molecule has 0 saturated carbocycles. The van der Waals surface area contributed by atoms with Gasteiger partial charge in [0, 0.05) is 62.8 Å². The fourth-order valence-corrected chi connectivity index (χ4v) is 2.57. The molecule has 22 heavy (non-hydrogen) atoms. The zero-order valence-corrected chi connectivity index (χ0v) is 12.3. The van der Waals surface area contributed by atoms with E-state index in [1.165, 1.54) is 0 Å². The first kappa shape index (κ1) is 15.7. The lowest BCUT2D eigenvalue weighted by Crippen LogP contribution is -2.20. The number of carboxylic acid groups (broad SMARTS) is 1. The van der Waals surface area contributed by atoms with Gasteiger partial charge < -0.3 is 14.6 Å². The van der Waals surface area contributed by atoms with Gasteiger partial charge in [0.1, 0.15) is 5.82 Å². The van der Waals surface area contributed by atoms with Crippen LogP contribution in [0.25, 0.3) is 11.4 Å². The Bertz CT molecular complexity index is 627. The third-order valence-corrected chi connectivity index (χ3v) is 3.51. The minimum atomic E-state index is -0.250. The number of pyridine rings is 1. The van der Waals surface area contributed by atoms with Gasteiger partial charge in [-0.1, -0.05) is 0 Å². The van der Waals surface area contributed by atoms with Crippen molar-refractivity contribution in [2.24, 2.45) is 5.92 Å². The summed E-state index contributed by atoms with van der Waals surface area (Å²) in [6, 6.07) is 3.90. The number of carbonyl (C=O) groups is 2. The molecule has 3 rings (SSSR count). The predicted molar refractivity (Wildman–Crippen MR) is 79.9 cm³/mol. The van der Waals surface area contributed by atoms with Crippen LogP contribution in [0.1, 0.15) is 6.42 Å². The van der Waals surface area contributed by atoms with Gasteiger partial charge in [-0.15, -0.1) is 0 Å². The number of carbonyl (C=O) groups excluding carboxylic acids is 1. The predicted octanol–water partition coefficient (Wildman–Crippen LogP) is 1.12. The molecule has 1 aliphatic heterocycles. The highest BCUT2D eigenvalue weighted by atomic mass is 16.3. The number of aromatic nitrogens is 3. The molecular weight excluding hydrogens is 284 g/mol. The molecule has 2 aromatic heterocycles. The number of nitrogens with zero attached hydrogens (tertiary/aromatic N) is 4. The van der Waals surface area contributed by atoms with Gasteiger partial charge in [-0.2, -0.15) is 0 Å². The summed E-state index contributed by atoms with van der Waals surface area (Å²) in [5.41, 5.74) is 1.00. The molecule has 1 unspecified atom stereocenters. The zero-order chi connectivity index (χ0) is 15.9. The highest BCUT2D eigenvalue weighted by Gasteiger charge is 2.27. The molecular formula is C15H18N4O3. The zero-order valence-electron chi connectivity index (χ0n) is 12.3. The Hall–Kier alpha value is -2.70. The third-order valence-electron chi connectivity index (χ3n) is 3.51. The lowest BCUT2D eigenvalue weighted by molar-refractivity contribution is -0.126. The van der Waals surface area contributed by atoms with E-state index < -0.39 is 0 Å². The van der Waals surface area contributed by atoms with Crippen LogP contribution in [0.5, 0.6) is 0 Å². The fourth-order valence-electron chi connectivity index (χ4n) is 2.57. The molecule has 7 heteroatoms. The molecule has 1 atom stereocenters. The lowest BCUT2D eigenvalue weighted by atomic mass is 10.1. The minimum absolute atomic E-state index is 0.230. The van der Waals surface area contributed by atoms with Crippen LogP contribution in [-0.2, 0) is 16.1 Å². The Morgan fingerprint density at radius 2 is 2.23 bits per heavy atom. The molecule has 1 aliphatic rings. The van der Waals surface area contributed by atoms with Gasteiger partial charge in [0.2, 0.25) is 5.91 Å². The van der Waals surface area contributed by atoms with Crippen molar-refractivity contribution in [2.75, 3.05) is 13.6 Å². The Morgan fingerprint density at radius 1 is 1.45 bits per heavy atom. The third kappa shape index (κ3) is 3.69. The van der Waals surface area contributed by atoms with Crippen molar-refractivity contribution in [3.8, 4) is 11.4 Å². The maximum atomic E-state index is 11.6. The molecule has 0 aromatic carbocycles. The number of rotatable bonds is 3. The van der Waals surface area contributed by atoms with Gasteiger partial charge in [-0.25, -0.2) is 4.98 Å². The van der Waals surface area contributed by atoms with E-state index in [9.17, 15) is 4.79 Å².